The van der Waals surface area contributed by atoms with Crippen molar-refractivity contribution in [2.75, 3.05) is 0 Å². The van der Waals surface area contributed by atoms with Crippen molar-refractivity contribution >= 4 is 47.5 Å². The van der Waals surface area contributed by atoms with Crippen LogP contribution in [0.3, 0.4) is 0 Å². The zero-order valence-electron chi connectivity index (χ0n) is 21.4. The van der Waals surface area contributed by atoms with Gasteiger partial charge in [-0.1, -0.05) is 128 Å². The van der Waals surface area contributed by atoms with Crippen LogP contribution >= 0.6 is 0 Å². The lowest BCUT2D eigenvalue weighted by atomic mass is 10.1. The Balaban J connectivity index is 1.81. The van der Waals surface area contributed by atoms with Gasteiger partial charge in [0.2, 0.25) is 7.83 Å². The second-order valence-corrected chi connectivity index (χ2v) is 31.9. The van der Waals surface area contributed by atoms with Gasteiger partial charge in [-0.25, -0.2) is 0 Å². The van der Waals surface area contributed by atoms with Gasteiger partial charge < -0.3 is 13.8 Å². The molecule has 183 valence electrons. The summed E-state index contributed by atoms with van der Waals surface area (Å²) in [6.07, 6.45) is 0. The predicted molar refractivity (Wildman–Crippen MR) is 159 cm³/mol. The third-order valence-electron chi connectivity index (χ3n) is 8.12. The van der Waals surface area contributed by atoms with E-state index in [1.54, 1.807) is 0 Å². The molecule has 4 unspecified atom stereocenters. The maximum Gasteiger partial charge on any atom is 0.292 e. The molecule has 7 heteroatoms. The number of hydrogen-bond acceptors (Lipinski definition) is 3. The molecular formula is C29H34NO2Si4. The van der Waals surface area contributed by atoms with Crippen LogP contribution < -0.4 is 15.6 Å². The highest BCUT2D eigenvalue weighted by Crippen LogP contribution is 2.52. The summed E-state index contributed by atoms with van der Waals surface area (Å²) >= 11 is 0. The van der Waals surface area contributed by atoms with Crippen molar-refractivity contribution in [3.8, 4) is 0 Å². The SMILES string of the molecule is CC1(c2ccccc2)N([Si](C)(O)c2ccccc2)[Si](C)(c2ccccc2)[Si]1[Si](C)(O)c1ccccc1. The van der Waals surface area contributed by atoms with Crippen molar-refractivity contribution in [2.24, 2.45) is 0 Å². The average Bonchev–Trinajstić information content (AvgIpc) is 2.90. The molecule has 0 saturated carbocycles. The van der Waals surface area contributed by atoms with Crippen molar-refractivity contribution in [1.29, 1.82) is 0 Å². The fourth-order valence-electron chi connectivity index (χ4n) is 6.77. The summed E-state index contributed by atoms with van der Waals surface area (Å²) in [6, 6.07) is 42.0. The molecule has 1 saturated heterocycles. The maximum atomic E-state index is 12.7. The van der Waals surface area contributed by atoms with E-state index >= 15 is 0 Å². The van der Waals surface area contributed by atoms with Gasteiger partial charge >= 0.3 is 0 Å². The first-order chi connectivity index (χ1) is 17.2. The van der Waals surface area contributed by atoms with Crippen LogP contribution in [0.25, 0.3) is 0 Å². The van der Waals surface area contributed by atoms with Crippen LogP contribution in [-0.2, 0) is 5.16 Å². The highest BCUT2D eigenvalue weighted by atomic mass is 29.6. The number of benzene rings is 4. The lowest BCUT2D eigenvalue weighted by molar-refractivity contribution is 0.335. The van der Waals surface area contributed by atoms with Gasteiger partial charge in [0.25, 0.3) is 8.48 Å². The molecule has 0 amide bonds. The van der Waals surface area contributed by atoms with Crippen LogP contribution in [0.5, 0.6) is 0 Å². The van der Waals surface area contributed by atoms with E-state index in [0.29, 0.717) is 0 Å². The summed E-state index contributed by atoms with van der Waals surface area (Å²) < 4.78 is 2.56. The van der Waals surface area contributed by atoms with Gasteiger partial charge in [-0.3, -0.25) is 0 Å². The van der Waals surface area contributed by atoms with E-state index < -0.39 is 37.1 Å². The smallest absolute Gasteiger partial charge is 0.292 e. The van der Waals surface area contributed by atoms with Crippen LogP contribution in [0, 0.1) is 0 Å². The Labute approximate surface area is 219 Å². The maximum absolute atomic E-state index is 12.7. The average molecular weight is 541 g/mol. The molecule has 0 aromatic heterocycles. The zero-order valence-corrected chi connectivity index (χ0v) is 25.4. The van der Waals surface area contributed by atoms with Crippen LogP contribution in [0.2, 0.25) is 19.6 Å². The van der Waals surface area contributed by atoms with Crippen molar-refractivity contribution in [1.82, 2.24) is 4.23 Å². The molecule has 3 nitrogen and oxygen atoms in total. The molecular weight excluding hydrogens is 507 g/mol. The molecule has 0 aliphatic carbocycles. The van der Waals surface area contributed by atoms with Gasteiger partial charge in [-0.15, -0.1) is 0 Å². The predicted octanol–water partition coefficient (Wildman–Crippen LogP) is 3.34. The van der Waals surface area contributed by atoms with E-state index in [1.165, 1.54) is 10.8 Å². The molecule has 1 radical (unpaired) electrons. The molecule has 4 aromatic carbocycles. The van der Waals surface area contributed by atoms with Crippen molar-refractivity contribution in [3.05, 3.63) is 127 Å². The molecule has 1 aliphatic rings. The van der Waals surface area contributed by atoms with Gasteiger partial charge in [0.05, 0.1) is 0 Å². The van der Waals surface area contributed by atoms with Gasteiger partial charge in [0, 0.05) is 5.16 Å². The minimum atomic E-state index is -3.12. The first-order valence-electron chi connectivity index (χ1n) is 12.5. The Morgan fingerprint density at radius 2 is 1.08 bits per heavy atom. The Kier molecular flexibility index (Phi) is 6.45. The molecule has 36 heavy (non-hydrogen) atoms. The first-order valence-corrected chi connectivity index (χ1v) is 23.3. The zero-order chi connectivity index (χ0) is 25.6. The van der Waals surface area contributed by atoms with Gasteiger partial charge in [-0.2, -0.15) is 0 Å². The highest BCUT2D eigenvalue weighted by molar-refractivity contribution is 7.68. The van der Waals surface area contributed by atoms with Crippen LogP contribution in [0.1, 0.15) is 12.5 Å². The van der Waals surface area contributed by atoms with E-state index in [0.717, 1.165) is 10.4 Å². The Hall–Kier alpha value is -2.37. The third kappa shape index (κ3) is 3.69. The summed E-state index contributed by atoms with van der Waals surface area (Å²) in [7, 11) is -10.0. The summed E-state index contributed by atoms with van der Waals surface area (Å²) in [5.41, 5.74) is 1.20. The monoisotopic (exact) mass is 540 g/mol. The Bertz CT molecular complexity index is 1210. The molecule has 5 rings (SSSR count). The topological polar surface area (TPSA) is 43.7 Å². The molecule has 1 heterocycles. The minimum absolute atomic E-state index is 0.417. The third-order valence-corrected chi connectivity index (χ3v) is 42.2. The van der Waals surface area contributed by atoms with Crippen molar-refractivity contribution < 1.29 is 9.59 Å². The van der Waals surface area contributed by atoms with E-state index in [1.807, 2.05) is 36.4 Å². The summed E-state index contributed by atoms with van der Waals surface area (Å²) in [6.45, 7) is 8.95. The Morgan fingerprint density at radius 1 is 0.667 bits per heavy atom. The van der Waals surface area contributed by atoms with Gasteiger partial charge in [-0.05, 0) is 41.1 Å². The van der Waals surface area contributed by atoms with Crippen LogP contribution in [0.15, 0.2) is 121 Å². The van der Waals surface area contributed by atoms with E-state index in [-0.39, 0.29) is 0 Å². The Morgan fingerprint density at radius 3 is 1.58 bits per heavy atom. The summed E-state index contributed by atoms with van der Waals surface area (Å²) in [5, 5.41) is 3.00. The fraction of sp³-hybridized carbons (Fsp3) is 0.172. The normalized spacial score (nSPS) is 25.9. The number of rotatable bonds is 6. The summed E-state index contributed by atoms with van der Waals surface area (Å²) in [4.78, 5) is 25.3. The van der Waals surface area contributed by atoms with E-state index in [4.69, 9.17) is 0 Å². The molecule has 0 bridgehead atoms. The summed E-state index contributed by atoms with van der Waals surface area (Å²) in [5.74, 6) is 0. The molecule has 0 spiro atoms. The lowest BCUT2D eigenvalue weighted by Gasteiger charge is -2.73. The molecule has 1 aliphatic heterocycles. The molecule has 2 N–H and O–H groups in total. The molecule has 4 atom stereocenters. The van der Waals surface area contributed by atoms with Crippen molar-refractivity contribution in [3.63, 3.8) is 0 Å². The number of nitrogens with zero attached hydrogens (tertiary/aromatic N) is 1. The first kappa shape index (κ1) is 25.3. The quantitative estimate of drug-likeness (QED) is 0.369. The fourth-order valence-corrected chi connectivity index (χ4v) is 52.9. The van der Waals surface area contributed by atoms with Crippen LogP contribution in [0.4, 0.5) is 0 Å². The van der Waals surface area contributed by atoms with Crippen LogP contribution in [-0.4, -0.2) is 45.7 Å². The van der Waals surface area contributed by atoms with E-state index in [2.05, 4.69) is 116 Å². The second-order valence-electron chi connectivity index (χ2n) is 10.4. The molecule has 1 fully saturated rings. The lowest BCUT2D eigenvalue weighted by Crippen LogP contribution is -3.02. The largest absolute Gasteiger partial charge is 0.431 e. The minimum Gasteiger partial charge on any atom is -0.431 e. The molecule has 4 aromatic rings. The highest BCUT2D eigenvalue weighted by Gasteiger charge is 2.77. The van der Waals surface area contributed by atoms with E-state index in [9.17, 15) is 9.59 Å². The van der Waals surface area contributed by atoms with Gasteiger partial charge in [0.15, 0.2) is 0 Å². The second kappa shape index (κ2) is 9.18. The van der Waals surface area contributed by atoms with Crippen molar-refractivity contribution in [2.45, 2.75) is 31.7 Å². The standard InChI is InChI=1S/C29H34NO2Si4/c1-29(25-17-9-5-10-18-25)30(34(2,31)26-19-11-6-12-20-26)35(3,27-21-13-7-14-22-27)33(29)36(4,32)28-23-15-8-16-24-28/h5-24,31-32H,1-4H3. The number of hydrogen-bond donors (Lipinski definition) is 2. The van der Waals surface area contributed by atoms with Gasteiger partial charge in [0.1, 0.15) is 15.6 Å².